The van der Waals surface area contributed by atoms with E-state index >= 15 is 0 Å². The van der Waals surface area contributed by atoms with Crippen molar-refractivity contribution in [2.24, 2.45) is 0 Å². The van der Waals surface area contributed by atoms with Gasteiger partial charge in [0.2, 0.25) is 0 Å². The van der Waals surface area contributed by atoms with Gasteiger partial charge in [0.1, 0.15) is 11.4 Å². The van der Waals surface area contributed by atoms with Gasteiger partial charge in [0.15, 0.2) is 0 Å². The van der Waals surface area contributed by atoms with Crippen LogP contribution in [-0.2, 0) is 6.42 Å². The molecule has 116 valence electrons. The molecule has 2 N–H and O–H groups in total. The van der Waals surface area contributed by atoms with Gasteiger partial charge in [0.05, 0.1) is 6.61 Å². The van der Waals surface area contributed by atoms with Crippen molar-refractivity contribution in [2.75, 3.05) is 13.2 Å². The minimum atomic E-state index is -0.332. The number of hydrogen-bond donors (Lipinski definition) is 2. The molecule has 0 fully saturated rings. The van der Waals surface area contributed by atoms with E-state index in [1.54, 1.807) is 0 Å². The summed E-state index contributed by atoms with van der Waals surface area (Å²) in [5.74, 6) is 0.576. The normalized spacial score (nSPS) is 10.3. The maximum absolute atomic E-state index is 11.8. The third-order valence-corrected chi connectivity index (χ3v) is 3.15. The van der Waals surface area contributed by atoms with E-state index < -0.39 is 0 Å². The number of benzene rings is 1. The van der Waals surface area contributed by atoms with E-state index in [4.69, 9.17) is 4.74 Å². The van der Waals surface area contributed by atoms with E-state index in [1.165, 1.54) is 12.1 Å². The molecular weight excluding hydrogens is 282 g/mol. The van der Waals surface area contributed by atoms with Gasteiger partial charge in [-0.05, 0) is 43.5 Å². The summed E-state index contributed by atoms with van der Waals surface area (Å²) in [5, 5.41) is 8.69. The predicted molar refractivity (Wildman–Crippen MR) is 83.2 cm³/mol. The third kappa shape index (κ3) is 4.18. The van der Waals surface area contributed by atoms with Gasteiger partial charge in [-0.1, -0.05) is 12.1 Å². The Morgan fingerprint density at radius 3 is 2.77 bits per heavy atom. The molecule has 1 aromatic heterocycles. The Labute approximate surface area is 128 Å². The van der Waals surface area contributed by atoms with Gasteiger partial charge in [0, 0.05) is 12.6 Å². The second-order valence-electron chi connectivity index (χ2n) is 4.85. The molecule has 2 aromatic rings. The Balaban J connectivity index is 1.88. The Morgan fingerprint density at radius 2 is 2.14 bits per heavy atom. The van der Waals surface area contributed by atoms with Crippen molar-refractivity contribution in [3.63, 3.8) is 0 Å². The number of nitrogens with zero attached hydrogens (tertiary/aromatic N) is 1. The smallest absolute Gasteiger partial charge is 0.271 e. The van der Waals surface area contributed by atoms with Crippen molar-refractivity contribution in [3.05, 3.63) is 57.5 Å². The van der Waals surface area contributed by atoms with Crippen LogP contribution in [0.25, 0.3) is 0 Å². The molecule has 0 saturated heterocycles. The molecule has 0 aliphatic heterocycles. The minimum absolute atomic E-state index is 0.197. The zero-order valence-electron chi connectivity index (χ0n) is 12.7. The van der Waals surface area contributed by atoms with E-state index in [0.717, 1.165) is 16.9 Å². The Hall–Kier alpha value is -2.63. The van der Waals surface area contributed by atoms with Gasteiger partial charge in [-0.25, -0.2) is 5.10 Å². The molecule has 0 spiro atoms. The van der Waals surface area contributed by atoms with Crippen LogP contribution in [0.2, 0.25) is 0 Å². The summed E-state index contributed by atoms with van der Waals surface area (Å²) < 4.78 is 5.49. The van der Waals surface area contributed by atoms with Crippen molar-refractivity contribution in [3.8, 4) is 5.75 Å². The second-order valence-corrected chi connectivity index (χ2v) is 4.85. The van der Waals surface area contributed by atoms with E-state index in [2.05, 4.69) is 21.6 Å². The van der Waals surface area contributed by atoms with E-state index in [0.29, 0.717) is 19.6 Å². The van der Waals surface area contributed by atoms with E-state index in [9.17, 15) is 9.59 Å². The van der Waals surface area contributed by atoms with Gasteiger partial charge in [-0.15, -0.1) is 0 Å². The molecule has 0 unspecified atom stereocenters. The molecule has 0 aliphatic rings. The van der Waals surface area contributed by atoms with Crippen LogP contribution < -0.4 is 15.6 Å². The largest absolute Gasteiger partial charge is 0.494 e. The lowest BCUT2D eigenvalue weighted by Crippen LogP contribution is -2.27. The summed E-state index contributed by atoms with van der Waals surface area (Å²) in [6, 6.07) is 8.66. The highest BCUT2D eigenvalue weighted by molar-refractivity contribution is 5.91. The Morgan fingerprint density at radius 1 is 1.32 bits per heavy atom. The first-order valence-corrected chi connectivity index (χ1v) is 7.16. The number of H-pyrrole nitrogens is 1. The highest BCUT2D eigenvalue weighted by atomic mass is 16.5. The van der Waals surface area contributed by atoms with Gasteiger partial charge < -0.3 is 10.1 Å². The highest BCUT2D eigenvalue weighted by Gasteiger charge is 2.07. The number of ether oxygens (including phenoxy) is 1. The van der Waals surface area contributed by atoms with Crippen LogP contribution in [0.4, 0.5) is 0 Å². The molecule has 1 aromatic carbocycles. The molecule has 0 saturated carbocycles. The summed E-state index contributed by atoms with van der Waals surface area (Å²) in [5.41, 5.74) is 2.06. The zero-order valence-corrected chi connectivity index (χ0v) is 12.7. The average Bonchev–Trinajstić information content (AvgIpc) is 2.50. The van der Waals surface area contributed by atoms with Crippen molar-refractivity contribution < 1.29 is 9.53 Å². The first kappa shape index (κ1) is 15.8. The standard InChI is InChI=1S/C16H19N3O3/c1-3-22-14-6-4-12(10-11(14)2)8-9-17-16(21)13-5-7-15(20)19-18-13/h4-7,10H,3,8-9H2,1-2H3,(H,17,21)(H,19,20). The monoisotopic (exact) mass is 301 g/mol. The molecule has 0 bridgehead atoms. The quantitative estimate of drug-likeness (QED) is 0.846. The maximum Gasteiger partial charge on any atom is 0.271 e. The Bertz CT molecular complexity index is 690. The predicted octanol–water partition coefficient (Wildman–Crippen LogP) is 1.45. The van der Waals surface area contributed by atoms with E-state index in [-0.39, 0.29) is 17.2 Å². The number of carbonyl (C=O) groups is 1. The number of amides is 1. The fourth-order valence-corrected chi connectivity index (χ4v) is 2.07. The van der Waals surface area contributed by atoms with Crippen LogP contribution in [0.15, 0.2) is 35.1 Å². The lowest BCUT2D eigenvalue weighted by molar-refractivity contribution is 0.0948. The molecule has 2 rings (SSSR count). The lowest BCUT2D eigenvalue weighted by Gasteiger charge is -2.09. The van der Waals surface area contributed by atoms with Gasteiger partial charge in [0.25, 0.3) is 11.5 Å². The number of hydrogen-bond acceptors (Lipinski definition) is 4. The number of carbonyl (C=O) groups excluding carboxylic acids is 1. The number of nitrogens with one attached hydrogen (secondary N) is 2. The second kappa shape index (κ2) is 7.40. The molecule has 6 nitrogen and oxygen atoms in total. The molecule has 6 heteroatoms. The number of aromatic nitrogens is 2. The summed E-state index contributed by atoms with van der Waals surface area (Å²) in [6.07, 6.45) is 0.711. The maximum atomic E-state index is 11.8. The summed E-state index contributed by atoms with van der Waals surface area (Å²) in [7, 11) is 0. The highest BCUT2D eigenvalue weighted by Crippen LogP contribution is 2.19. The van der Waals surface area contributed by atoms with Crippen molar-refractivity contribution in [1.82, 2.24) is 15.5 Å². The van der Waals surface area contributed by atoms with Crippen LogP contribution in [0.1, 0.15) is 28.5 Å². The summed E-state index contributed by atoms with van der Waals surface area (Å²) in [6.45, 7) is 5.08. The fraction of sp³-hybridized carbons (Fsp3) is 0.312. The molecule has 22 heavy (non-hydrogen) atoms. The molecule has 1 amide bonds. The average molecular weight is 301 g/mol. The van der Waals surface area contributed by atoms with Crippen molar-refractivity contribution in [2.45, 2.75) is 20.3 Å². The number of aryl methyl sites for hydroxylation is 1. The molecular formula is C16H19N3O3. The summed E-state index contributed by atoms with van der Waals surface area (Å²) >= 11 is 0. The van der Waals surface area contributed by atoms with Crippen LogP contribution in [0.5, 0.6) is 5.75 Å². The Kier molecular flexibility index (Phi) is 5.30. The van der Waals surface area contributed by atoms with Gasteiger partial charge in [-0.2, -0.15) is 5.10 Å². The van der Waals surface area contributed by atoms with E-state index in [1.807, 2.05) is 26.0 Å². The van der Waals surface area contributed by atoms with Crippen LogP contribution in [0.3, 0.4) is 0 Å². The first-order chi connectivity index (χ1) is 10.6. The van der Waals surface area contributed by atoms with Gasteiger partial charge in [-0.3, -0.25) is 9.59 Å². The van der Waals surface area contributed by atoms with Crippen molar-refractivity contribution in [1.29, 1.82) is 0 Å². The molecule has 0 atom stereocenters. The number of rotatable bonds is 6. The lowest BCUT2D eigenvalue weighted by atomic mass is 10.1. The fourth-order valence-electron chi connectivity index (χ4n) is 2.07. The first-order valence-electron chi connectivity index (χ1n) is 7.16. The molecule has 0 aliphatic carbocycles. The van der Waals surface area contributed by atoms with Crippen LogP contribution >= 0.6 is 0 Å². The van der Waals surface area contributed by atoms with Gasteiger partial charge >= 0.3 is 0 Å². The SMILES string of the molecule is CCOc1ccc(CCNC(=O)c2ccc(=O)[nH]n2)cc1C. The summed E-state index contributed by atoms with van der Waals surface area (Å²) in [4.78, 5) is 22.7. The zero-order chi connectivity index (χ0) is 15.9. The minimum Gasteiger partial charge on any atom is -0.494 e. The van der Waals surface area contributed by atoms with Crippen LogP contribution in [0, 0.1) is 6.92 Å². The third-order valence-electron chi connectivity index (χ3n) is 3.15. The number of aromatic amines is 1. The van der Waals surface area contributed by atoms with Crippen molar-refractivity contribution >= 4 is 5.91 Å². The van der Waals surface area contributed by atoms with Crippen LogP contribution in [-0.4, -0.2) is 29.3 Å². The molecule has 1 heterocycles. The molecule has 0 radical (unpaired) electrons. The topological polar surface area (TPSA) is 84.1 Å².